The zero-order valence-electron chi connectivity index (χ0n) is 19.0. The van der Waals surface area contributed by atoms with Crippen molar-refractivity contribution in [3.63, 3.8) is 0 Å². The van der Waals surface area contributed by atoms with Gasteiger partial charge in [-0.15, -0.1) is 0 Å². The average Bonchev–Trinajstić information content (AvgIpc) is 3.21. The maximum Gasteiger partial charge on any atom is 0.490 e. The highest BCUT2D eigenvalue weighted by molar-refractivity contribution is 5.73. The van der Waals surface area contributed by atoms with Crippen LogP contribution in [0.3, 0.4) is 0 Å². The van der Waals surface area contributed by atoms with Crippen molar-refractivity contribution < 1.29 is 55.6 Å². The summed E-state index contributed by atoms with van der Waals surface area (Å²) in [6.07, 6.45) is -7.90. The summed E-state index contributed by atoms with van der Waals surface area (Å²) >= 11 is 0. The third kappa shape index (κ3) is 11.9. The molecule has 0 bridgehead atoms. The van der Waals surface area contributed by atoms with E-state index in [1.807, 2.05) is 12.1 Å². The second-order valence-electron chi connectivity index (χ2n) is 7.24. The molecular formula is C20H28F6N2O6. The summed E-state index contributed by atoms with van der Waals surface area (Å²) < 4.78 is 74.2. The Labute approximate surface area is 192 Å². The van der Waals surface area contributed by atoms with E-state index in [2.05, 4.69) is 30.0 Å². The average molecular weight is 506 g/mol. The molecule has 196 valence electrons. The molecule has 2 N–H and O–H groups in total. The van der Waals surface area contributed by atoms with Crippen LogP contribution in [0.1, 0.15) is 12.0 Å². The lowest BCUT2D eigenvalue weighted by molar-refractivity contribution is -0.193. The number of rotatable bonds is 6. The van der Waals surface area contributed by atoms with Gasteiger partial charge in [-0.1, -0.05) is 0 Å². The molecule has 1 unspecified atom stereocenters. The zero-order valence-corrected chi connectivity index (χ0v) is 19.0. The first-order valence-electron chi connectivity index (χ1n) is 9.72. The van der Waals surface area contributed by atoms with E-state index in [4.69, 9.17) is 29.3 Å². The maximum atomic E-state index is 10.6. The van der Waals surface area contributed by atoms with Gasteiger partial charge in [0.2, 0.25) is 0 Å². The third-order valence-electron chi connectivity index (χ3n) is 4.65. The molecule has 1 aromatic carbocycles. The van der Waals surface area contributed by atoms with Crippen LogP contribution in [0.5, 0.6) is 11.5 Å². The van der Waals surface area contributed by atoms with E-state index >= 15 is 0 Å². The summed E-state index contributed by atoms with van der Waals surface area (Å²) in [5, 5.41) is 14.2. The molecule has 2 rings (SSSR count). The standard InChI is InChI=1S/C16H26N2O2.2C2HF3O2/c1-17(2)14-8-10-18(12-14)9-7-13-11-15(19-3)5-6-16(13)20-4;2*3-2(4,5)1(6)7/h5-6,11,14H,7-10,12H2,1-4H3;2*(H,6,7). The number of aliphatic carboxylic acids is 2. The van der Waals surface area contributed by atoms with E-state index in [-0.39, 0.29) is 0 Å². The third-order valence-corrected chi connectivity index (χ3v) is 4.65. The van der Waals surface area contributed by atoms with Gasteiger partial charge in [-0.25, -0.2) is 9.59 Å². The van der Waals surface area contributed by atoms with Gasteiger partial charge in [-0.3, -0.25) is 0 Å². The van der Waals surface area contributed by atoms with Crippen LogP contribution in [-0.4, -0.2) is 98.3 Å². The van der Waals surface area contributed by atoms with Crippen LogP contribution in [0.2, 0.25) is 0 Å². The normalized spacial score (nSPS) is 16.1. The first-order chi connectivity index (χ1) is 15.5. The van der Waals surface area contributed by atoms with E-state index in [0.717, 1.165) is 24.5 Å². The van der Waals surface area contributed by atoms with Crippen LogP contribution >= 0.6 is 0 Å². The fourth-order valence-electron chi connectivity index (χ4n) is 2.79. The smallest absolute Gasteiger partial charge is 0.490 e. The largest absolute Gasteiger partial charge is 0.497 e. The number of hydrogen-bond acceptors (Lipinski definition) is 6. The molecule has 0 radical (unpaired) electrons. The lowest BCUT2D eigenvalue weighted by Gasteiger charge is -2.20. The number of likely N-dealkylation sites (N-methyl/N-ethyl adjacent to an activating group) is 1. The molecule has 0 spiro atoms. The first kappa shape index (κ1) is 31.3. The van der Waals surface area contributed by atoms with Crippen molar-refractivity contribution in [2.24, 2.45) is 0 Å². The summed E-state index contributed by atoms with van der Waals surface area (Å²) in [6.45, 7) is 3.43. The number of alkyl halides is 6. The van der Waals surface area contributed by atoms with Gasteiger partial charge in [0, 0.05) is 19.1 Å². The Balaban J connectivity index is 0.000000642. The quantitative estimate of drug-likeness (QED) is 0.568. The molecule has 1 heterocycles. The molecule has 1 aliphatic rings. The minimum Gasteiger partial charge on any atom is -0.497 e. The van der Waals surface area contributed by atoms with E-state index in [1.54, 1.807) is 14.2 Å². The van der Waals surface area contributed by atoms with Gasteiger partial charge in [0.15, 0.2) is 0 Å². The second-order valence-corrected chi connectivity index (χ2v) is 7.24. The van der Waals surface area contributed by atoms with E-state index in [1.165, 1.54) is 25.1 Å². The summed E-state index contributed by atoms with van der Waals surface area (Å²) in [7, 11) is 7.76. The number of carboxylic acids is 2. The molecule has 0 saturated carbocycles. The summed E-state index contributed by atoms with van der Waals surface area (Å²) in [5.41, 5.74) is 1.22. The van der Waals surface area contributed by atoms with E-state index < -0.39 is 24.3 Å². The number of ether oxygens (including phenoxy) is 2. The number of hydrogen-bond donors (Lipinski definition) is 2. The van der Waals surface area contributed by atoms with Gasteiger partial charge in [0.05, 0.1) is 14.2 Å². The first-order valence-corrected chi connectivity index (χ1v) is 9.72. The molecule has 14 heteroatoms. The number of halogens is 6. The maximum absolute atomic E-state index is 10.6. The van der Waals surface area contributed by atoms with Crippen molar-refractivity contribution in [2.45, 2.75) is 31.2 Å². The van der Waals surface area contributed by atoms with Crippen LogP contribution in [0, 0.1) is 0 Å². The Hall–Kier alpha value is -2.74. The summed E-state index contributed by atoms with van der Waals surface area (Å²) in [4.78, 5) is 22.6. The Bertz CT molecular complexity index is 762. The SMILES string of the molecule is COc1ccc(OC)c(CCN2CCC(N(C)C)C2)c1.O=C(O)C(F)(F)F.O=C(O)C(F)(F)F. The van der Waals surface area contributed by atoms with Crippen molar-refractivity contribution in [3.05, 3.63) is 23.8 Å². The van der Waals surface area contributed by atoms with Gasteiger partial charge in [0.25, 0.3) is 0 Å². The van der Waals surface area contributed by atoms with Crippen LogP contribution in [0.15, 0.2) is 18.2 Å². The highest BCUT2D eigenvalue weighted by atomic mass is 19.4. The zero-order chi connectivity index (χ0) is 26.7. The number of methoxy groups -OCH3 is 2. The van der Waals surface area contributed by atoms with Crippen molar-refractivity contribution in [3.8, 4) is 11.5 Å². The lowest BCUT2D eigenvalue weighted by atomic mass is 10.1. The van der Waals surface area contributed by atoms with Gasteiger partial charge >= 0.3 is 24.3 Å². The van der Waals surface area contributed by atoms with Crippen LogP contribution < -0.4 is 9.47 Å². The Kier molecular flexibility index (Phi) is 12.7. The molecule has 1 atom stereocenters. The fraction of sp³-hybridized carbons (Fsp3) is 0.600. The molecule has 8 nitrogen and oxygen atoms in total. The van der Waals surface area contributed by atoms with Gasteiger partial charge in [-0.05, 0) is 57.2 Å². The number of benzene rings is 1. The molecule has 0 amide bonds. The molecule has 1 aliphatic heterocycles. The van der Waals surface area contributed by atoms with Crippen LogP contribution in [-0.2, 0) is 16.0 Å². The molecule has 1 saturated heterocycles. The van der Waals surface area contributed by atoms with Crippen molar-refractivity contribution in [1.29, 1.82) is 0 Å². The van der Waals surface area contributed by atoms with E-state index in [0.29, 0.717) is 6.04 Å². The topological polar surface area (TPSA) is 99.5 Å². The Morgan fingerprint density at radius 2 is 1.53 bits per heavy atom. The predicted octanol–water partition coefficient (Wildman–Crippen LogP) is 3.15. The van der Waals surface area contributed by atoms with Crippen LogP contribution in [0.4, 0.5) is 26.3 Å². The minimum absolute atomic E-state index is 0.696. The highest BCUT2D eigenvalue weighted by Crippen LogP contribution is 2.25. The van der Waals surface area contributed by atoms with Gasteiger partial charge < -0.3 is 29.5 Å². The molecule has 1 fully saturated rings. The fourth-order valence-corrected chi connectivity index (χ4v) is 2.79. The van der Waals surface area contributed by atoms with Gasteiger partial charge in [0.1, 0.15) is 11.5 Å². The molecule has 0 aliphatic carbocycles. The van der Waals surface area contributed by atoms with Crippen molar-refractivity contribution in [2.75, 3.05) is 47.9 Å². The van der Waals surface area contributed by atoms with Gasteiger partial charge in [-0.2, -0.15) is 26.3 Å². The molecular weight excluding hydrogens is 478 g/mol. The second kappa shape index (κ2) is 13.8. The van der Waals surface area contributed by atoms with Crippen LogP contribution in [0.25, 0.3) is 0 Å². The van der Waals surface area contributed by atoms with E-state index in [9.17, 15) is 26.3 Å². The monoisotopic (exact) mass is 506 g/mol. The number of carbonyl (C=O) groups is 2. The Morgan fingerprint density at radius 1 is 1.03 bits per heavy atom. The number of likely N-dealkylation sites (tertiary alicyclic amines) is 1. The van der Waals surface area contributed by atoms with Crippen molar-refractivity contribution >= 4 is 11.9 Å². The molecule has 1 aromatic rings. The number of nitrogens with zero attached hydrogens (tertiary/aromatic N) is 2. The highest BCUT2D eigenvalue weighted by Gasteiger charge is 2.38. The summed E-state index contributed by atoms with van der Waals surface area (Å²) in [5.74, 6) is -3.66. The molecule has 0 aromatic heterocycles. The Morgan fingerprint density at radius 3 is 1.88 bits per heavy atom. The van der Waals surface area contributed by atoms with Crippen molar-refractivity contribution in [1.82, 2.24) is 9.80 Å². The molecule has 34 heavy (non-hydrogen) atoms. The number of carboxylic acid groups (broad SMARTS) is 2. The predicted molar refractivity (Wildman–Crippen MR) is 109 cm³/mol. The lowest BCUT2D eigenvalue weighted by Crippen LogP contribution is -2.32. The minimum atomic E-state index is -5.08. The summed E-state index contributed by atoms with van der Waals surface area (Å²) in [6, 6.07) is 6.71.